The Labute approximate surface area is 177 Å². The number of aromatic amines is 1. The lowest BCUT2D eigenvalue weighted by atomic mass is 9.92. The second-order valence-electron chi connectivity index (χ2n) is 8.36. The Morgan fingerprint density at radius 1 is 1.37 bits per heavy atom. The number of carbonyl (C=O) groups is 2. The highest BCUT2D eigenvalue weighted by Crippen LogP contribution is 2.39. The summed E-state index contributed by atoms with van der Waals surface area (Å²) >= 11 is 0. The number of hydrogen-bond acceptors (Lipinski definition) is 4. The van der Waals surface area contributed by atoms with Crippen molar-refractivity contribution in [2.45, 2.75) is 51.4 Å². The fraction of sp³-hybridized carbons (Fsp3) is 0.417. The first-order chi connectivity index (χ1) is 14.5. The van der Waals surface area contributed by atoms with E-state index in [9.17, 15) is 9.59 Å². The smallest absolute Gasteiger partial charge is 0.246 e. The Morgan fingerprint density at radius 3 is 2.80 bits per heavy atom. The van der Waals surface area contributed by atoms with Crippen LogP contribution < -0.4 is 0 Å². The molecule has 6 nitrogen and oxygen atoms in total. The molecule has 1 unspecified atom stereocenters. The van der Waals surface area contributed by atoms with Crippen molar-refractivity contribution in [1.82, 2.24) is 20.1 Å². The van der Waals surface area contributed by atoms with Gasteiger partial charge in [0.1, 0.15) is 5.78 Å². The van der Waals surface area contributed by atoms with Crippen LogP contribution in [-0.4, -0.2) is 44.9 Å². The minimum absolute atomic E-state index is 0.0424. The van der Waals surface area contributed by atoms with Gasteiger partial charge in [-0.25, -0.2) is 0 Å². The van der Waals surface area contributed by atoms with Crippen molar-refractivity contribution in [3.63, 3.8) is 0 Å². The Kier molecular flexibility index (Phi) is 5.66. The molecule has 1 aliphatic heterocycles. The predicted molar refractivity (Wildman–Crippen MR) is 116 cm³/mol. The fourth-order valence-electron chi connectivity index (χ4n) is 3.97. The highest BCUT2D eigenvalue weighted by atomic mass is 16.2. The number of carbonyl (C=O) groups excluding carboxylic acids is 2. The minimum atomic E-state index is -0.223. The summed E-state index contributed by atoms with van der Waals surface area (Å²) in [6.45, 7) is 8.76. The van der Waals surface area contributed by atoms with Gasteiger partial charge in [0.25, 0.3) is 0 Å². The maximum atomic E-state index is 12.8. The minimum Gasteiger partial charge on any atom is -0.335 e. The number of nitrogens with one attached hydrogen (secondary N) is 1. The highest BCUT2D eigenvalue weighted by molar-refractivity contribution is 5.88. The van der Waals surface area contributed by atoms with E-state index < -0.39 is 0 Å². The zero-order valence-corrected chi connectivity index (χ0v) is 17.6. The van der Waals surface area contributed by atoms with Crippen LogP contribution in [0.4, 0.5) is 0 Å². The summed E-state index contributed by atoms with van der Waals surface area (Å²) < 4.78 is 0. The molecule has 0 spiro atoms. The largest absolute Gasteiger partial charge is 0.335 e. The lowest BCUT2D eigenvalue weighted by Gasteiger charge is -2.26. The summed E-state index contributed by atoms with van der Waals surface area (Å²) in [6.07, 6.45) is 8.76. The van der Waals surface area contributed by atoms with E-state index in [-0.39, 0.29) is 17.6 Å². The Hall–Kier alpha value is -3.02. The maximum Gasteiger partial charge on any atom is 0.246 e. The summed E-state index contributed by atoms with van der Waals surface area (Å²) in [6, 6.07) is 4.10. The molecule has 0 bridgehead atoms. The van der Waals surface area contributed by atoms with E-state index in [0.717, 1.165) is 40.2 Å². The molecule has 0 aromatic carbocycles. The van der Waals surface area contributed by atoms with Gasteiger partial charge in [-0.15, -0.1) is 0 Å². The first-order valence-electron chi connectivity index (χ1n) is 10.6. The van der Waals surface area contributed by atoms with Gasteiger partial charge in [-0.1, -0.05) is 25.6 Å². The Balaban J connectivity index is 1.43. The summed E-state index contributed by atoms with van der Waals surface area (Å²) in [5.41, 5.74) is 6.06. The quantitative estimate of drug-likeness (QED) is 0.714. The van der Waals surface area contributed by atoms with Gasteiger partial charge < -0.3 is 4.90 Å². The normalized spacial score (nSPS) is 17.4. The van der Waals surface area contributed by atoms with Crippen molar-refractivity contribution in [1.29, 1.82) is 0 Å². The molecule has 4 rings (SSSR count). The van der Waals surface area contributed by atoms with E-state index >= 15 is 0 Å². The topological polar surface area (TPSA) is 79.0 Å². The number of pyridine rings is 1. The second-order valence-corrected chi connectivity index (χ2v) is 8.36. The molecule has 1 aliphatic carbocycles. The van der Waals surface area contributed by atoms with E-state index in [1.54, 1.807) is 4.90 Å². The van der Waals surface area contributed by atoms with Gasteiger partial charge >= 0.3 is 0 Å². The van der Waals surface area contributed by atoms with Crippen LogP contribution >= 0.6 is 0 Å². The Morgan fingerprint density at radius 2 is 2.17 bits per heavy atom. The number of rotatable bonds is 7. The number of aromatic nitrogens is 3. The lowest BCUT2D eigenvalue weighted by Crippen LogP contribution is -2.33. The second kappa shape index (κ2) is 8.38. The number of Topliss-reactive ketones (excluding diaryl/α,β-unsaturated/α-hetero) is 1. The molecule has 0 radical (unpaired) electrons. The lowest BCUT2D eigenvalue weighted by molar-refractivity contribution is -0.125. The van der Waals surface area contributed by atoms with Crippen molar-refractivity contribution < 1.29 is 9.59 Å². The van der Waals surface area contributed by atoms with Crippen LogP contribution in [0.1, 0.15) is 66.2 Å². The first-order valence-corrected chi connectivity index (χ1v) is 10.6. The molecule has 2 aliphatic rings. The van der Waals surface area contributed by atoms with Gasteiger partial charge in [-0.3, -0.25) is 19.7 Å². The van der Waals surface area contributed by atoms with E-state index in [1.165, 1.54) is 18.9 Å². The van der Waals surface area contributed by atoms with Crippen LogP contribution in [0.3, 0.4) is 0 Å². The van der Waals surface area contributed by atoms with Crippen molar-refractivity contribution in [2.75, 3.05) is 13.1 Å². The first kappa shape index (κ1) is 20.3. The summed E-state index contributed by atoms with van der Waals surface area (Å²) in [7, 11) is 0. The molecule has 0 saturated heterocycles. The predicted octanol–water partition coefficient (Wildman–Crippen LogP) is 3.71. The molecule has 1 amide bonds. The average molecular weight is 405 g/mol. The van der Waals surface area contributed by atoms with E-state index in [4.69, 9.17) is 0 Å². The van der Waals surface area contributed by atoms with Crippen LogP contribution in [0.15, 0.2) is 37.1 Å². The van der Waals surface area contributed by atoms with Crippen LogP contribution in [0.25, 0.3) is 5.57 Å². The number of nitrogens with zero attached hydrogens (tertiary/aromatic N) is 3. The van der Waals surface area contributed by atoms with E-state index in [0.29, 0.717) is 25.4 Å². The zero-order valence-electron chi connectivity index (χ0n) is 17.6. The van der Waals surface area contributed by atoms with Gasteiger partial charge in [0, 0.05) is 43.2 Å². The van der Waals surface area contributed by atoms with Gasteiger partial charge in [0.05, 0.1) is 11.4 Å². The number of ketones is 1. The molecular weight excluding hydrogens is 376 g/mol. The molecule has 3 heterocycles. The molecular formula is C24H28N4O2. The standard InChI is InChI=1S/C24H28N4O2/c1-4-23(30)28-9-7-18(8-10-28)24-15(2)11-19(14-25-24)16(3)22(29)13-20-12-21(27-26-20)17-5-6-17/h4,7,11-12,14,16-17H,1,5-6,8-10,13H2,2-3H3,(H,26,27). The van der Waals surface area contributed by atoms with Crippen LogP contribution in [0, 0.1) is 6.92 Å². The van der Waals surface area contributed by atoms with Gasteiger partial charge in [0.15, 0.2) is 0 Å². The zero-order chi connectivity index (χ0) is 21.3. The summed E-state index contributed by atoms with van der Waals surface area (Å²) in [5, 5.41) is 7.35. The number of aryl methyl sites for hydroxylation is 1. The van der Waals surface area contributed by atoms with Crippen LogP contribution in [-0.2, 0) is 16.0 Å². The molecule has 30 heavy (non-hydrogen) atoms. The molecule has 6 heteroatoms. The molecule has 1 saturated carbocycles. The maximum absolute atomic E-state index is 12.8. The molecule has 1 N–H and O–H groups in total. The Bertz CT molecular complexity index is 1020. The number of amides is 1. The van der Waals surface area contributed by atoms with Gasteiger partial charge in [0.2, 0.25) is 5.91 Å². The SMILES string of the molecule is C=CC(=O)N1CC=C(c2ncc(C(C)C(=O)Cc3cc(C4CC4)n[nH]3)cc2C)CC1. The third-order valence-corrected chi connectivity index (χ3v) is 6.09. The average Bonchev–Trinajstić information content (AvgIpc) is 3.51. The third kappa shape index (κ3) is 4.27. The molecule has 2 aromatic rings. The molecule has 2 aromatic heterocycles. The summed E-state index contributed by atoms with van der Waals surface area (Å²) in [5.74, 6) is 0.474. The number of H-pyrrole nitrogens is 1. The monoisotopic (exact) mass is 404 g/mol. The van der Waals surface area contributed by atoms with Crippen molar-refractivity contribution in [3.05, 3.63) is 65.3 Å². The third-order valence-electron chi connectivity index (χ3n) is 6.09. The highest BCUT2D eigenvalue weighted by Gasteiger charge is 2.27. The van der Waals surface area contributed by atoms with Gasteiger partial charge in [-0.05, 0) is 55.0 Å². The van der Waals surface area contributed by atoms with Crippen molar-refractivity contribution >= 4 is 17.3 Å². The fourth-order valence-corrected chi connectivity index (χ4v) is 3.97. The van der Waals surface area contributed by atoms with E-state index in [2.05, 4.69) is 33.9 Å². The number of hydrogen-bond donors (Lipinski definition) is 1. The van der Waals surface area contributed by atoms with E-state index in [1.807, 2.05) is 26.1 Å². The van der Waals surface area contributed by atoms with Crippen molar-refractivity contribution in [2.24, 2.45) is 0 Å². The van der Waals surface area contributed by atoms with Crippen molar-refractivity contribution in [3.8, 4) is 0 Å². The summed E-state index contributed by atoms with van der Waals surface area (Å²) in [4.78, 5) is 31.0. The van der Waals surface area contributed by atoms with Crippen LogP contribution in [0.5, 0.6) is 0 Å². The van der Waals surface area contributed by atoms with Crippen LogP contribution in [0.2, 0.25) is 0 Å². The molecule has 1 atom stereocenters. The van der Waals surface area contributed by atoms with Gasteiger partial charge in [-0.2, -0.15) is 5.10 Å². The molecule has 156 valence electrons. The molecule has 1 fully saturated rings.